The minimum Gasteiger partial charge on any atom is -0.486 e. The van der Waals surface area contributed by atoms with Crippen molar-refractivity contribution in [2.24, 2.45) is 17.8 Å². The van der Waals surface area contributed by atoms with E-state index in [2.05, 4.69) is 19.1 Å². The predicted octanol–water partition coefficient (Wildman–Crippen LogP) is 9.34. The Morgan fingerprint density at radius 2 is 1.40 bits per heavy atom. The first-order valence-electron chi connectivity index (χ1n) is 13.6. The molecule has 4 heteroatoms. The Labute approximate surface area is 209 Å². The molecule has 35 heavy (non-hydrogen) atoms. The van der Waals surface area contributed by atoms with Gasteiger partial charge in [-0.15, -0.1) is 0 Å². The van der Waals surface area contributed by atoms with Gasteiger partial charge >= 0.3 is 0 Å². The van der Waals surface area contributed by atoms with Crippen LogP contribution in [0.3, 0.4) is 0 Å². The molecule has 2 aliphatic carbocycles. The van der Waals surface area contributed by atoms with Gasteiger partial charge in [-0.2, -0.15) is 8.78 Å². The average Bonchev–Trinajstić information content (AvgIpc) is 2.90. The Kier molecular flexibility index (Phi) is 9.23. The topological polar surface area (TPSA) is 18.5 Å². The summed E-state index contributed by atoms with van der Waals surface area (Å²) in [6.45, 7) is 4.25. The zero-order valence-corrected chi connectivity index (χ0v) is 21.3. The highest BCUT2D eigenvalue weighted by Crippen LogP contribution is 2.44. The number of rotatable bonds is 9. The molecule has 2 aromatic rings. The van der Waals surface area contributed by atoms with E-state index in [0.29, 0.717) is 5.92 Å². The summed E-state index contributed by atoms with van der Waals surface area (Å²) in [5.74, 6) is 1.16. The number of benzene rings is 2. The first-order chi connectivity index (χ1) is 17.1. The summed E-state index contributed by atoms with van der Waals surface area (Å²) in [6, 6.07) is 11.3. The van der Waals surface area contributed by atoms with E-state index in [4.69, 9.17) is 9.47 Å². The van der Waals surface area contributed by atoms with Crippen LogP contribution in [0.5, 0.6) is 11.5 Å². The van der Waals surface area contributed by atoms with E-state index >= 15 is 0 Å². The normalized spacial score (nSPS) is 25.0. The maximum atomic E-state index is 14.3. The maximum absolute atomic E-state index is 14.3. The second-order valence-corrected chi connectivity index (χ2v) is 10.5. The molecule has 0 saturated heterocycles. The number of allylic oxidation sites excluding steroid dienone is 1. The minimum atomic E-state index is -1.04. The van der Waals surface area contributed by atoms with Crippen LogP contribution in [-0.4, -0.2) is 0 Å². The quantitative estimate of drug-likeness (QED) is 0.331. The average molecular weight is 483 g/mol. The number of ether oxygens (including phenoxy) is 2. The van der Waals surface area contributed by atoms with E-state index in [0.717, 1.165) is 23.3 Å². The highest BCUT2D eigenvalue weighted by molar-refractivity contribution is 5.36. The second-order valence-electron chi connectivity index (χ2n) is 10.5. The van der Waals surface area contributed by atoms with Crippen LogP contribution in [-0.2, 0) is 6.61 Å². The van der Waals surface area contributed by atoms with E-state index in [1.165, 1.54) is 88.2 Å². The van der Waals surface area contributed by atoms with Gasteiger partial charge in [-0.3, -0.25) is 0 Å². The van der Waals surface area contributed by atoms with Crippen LogP contribution < -0.4 is 9.47 Å². The predicted molar refractivity (Wildman–Crippen MR) is 138 cm³/mol. The van der Waals surface area contributed by atoms with Gasteiger partial charge in [0.2, 0.25) is 11.6 Å². The third kappa shape index (κ3) is 6.65. The van der Waals surface area contributed by atoms with Gasteiger partial charge in [0.05, 0.1) is 6.26 Å². The fraction of sp³-hybridized carbons (Fsp3) is 0.548. The molecular weight excluding hydrogens is 442 g/mol. The third-order valence-corrected chi connectivity index (χ3v) is 8.21. The highest BCUT2D eigenvalue weighted by Gasteiger charge is 2.31. The van der Waals surface area contributed by atoms with Crippen LogP contribution in [0.15, 0.2) is 48.7 Å². The van der Waals surface area contributed by atoms with Gasteiger partial charge in [0, 0.05) is 0 Å². The summed E-state index contributed by atoms with van der Waals surface area (Å²) in [5, 5.41) is 0. The summed E-state index contributed by atoms with van der Waals surface area (Å²) in [4.78, 5) is 0. The Morgan fingerprint density at radius 3 is 2.03 bits per heavy atom. The van der Waals surface area contributed by atoms with Crippen molar-refractivity contribution < 1.29 is 18.3 Å². The van der Waals surface area contributed by atoms with Gasteiger partial charge in [0.1, 0.15) is 6.61 Å². The van der Waals surface area contributed by atoms with Crippen LogP contribution in [0.25, 0.3) is 0 Å². The van der Waals surface area contributed by atoms with Crippen LogP contribution in [0.2, 0.25) is 0 Å². The van der Waals surface area contributed by atoms with E-state index in [1.54, 1.807) is 13.0 Å². The Bertz CT molecular complexity index is 953. The van der Waals surface area contributed by atoms with Crippen molar-refractivity contribution in [3.05, 3.63) is 71.5 Å². The molecule has 2 aliphatic rings. The Morgan fingerprint density at radius 1 is 0.800 bits per heavy atom. The third-order valence-electron chi connectivity index (χ3n) is 8.21. The number of hydrogen-bond donors (Lipinski definition) is 0. The fourth-order valence-electron chi connectivity index (χ4n) is 6.19. The van der Waals surface area contributed by atoms with Crippen molar-refractivity contribution in [1.29, 1.82) is 0 Å². The van der Waals surface area contributed by atoms with E-state index in [-0.39, 0.29) is 18.1 Å². The fourth-order valence-corrected chi connectivity index (χ4v) is 6.19. The minimum absolute atomic E-state index is 0.110. The van der Waals surface area contributed by atoms with Crippen LogP contribution >= 0.6 is 0 Å². The zero-order chi connectivity index (χ0) is 24.6. The molecule has 0 spiro atoms. The zero-order valence-electron chi connectivity index (χ0n) is 21.3. The largest absolute Gasteiger partial charge is 0.486 e. The van der Waals surface area contributed by atoms with Crippen molar-refractivity contribution >= 4 is 0 Å². The molecule has 0 N–H and O–H groups in total. The van der Waals surface area contributed by atoms with Crippen molar-refractivity contribution in [2.45, 2.75) is 90.6 Å². The SMILES string of the molecule is CC=COc1ccc(OCc2ccc(C3CCC(C4CCC(CCC)CC4)CC3)cc2)c(F)c1F. The Hall–Kier alpha value is -2.36. The van der Waals surface area contributed by atoms with Gasteiger partial charge in [-0.05, 0) is 92.4 Å². The Balaban J connectivity index is 1.25. The van der Waals surface area contributed by atoms with Crippen LogP contribution in [0.4, 0.5) is 8.78 Å². The summed E-state index contributed by atoms with van der Waals surface area (Å²) < 4.78 is 39.1. The molecule has 0 aromatic heterocycles. The maximum Gasteiger partial charge on any atom is 0.205 e. The van der Waals surface area contributed by atoms with Crippen molar-refractivity contribution in [3.8, 4) is 11.5 Å². The molecule has 2 nitrogen and oxygen atoms in total. The molecule has 2 fully saturated rings. The van der Waals surface area contributed by atoms with Gasteiger partial charge in [0.25, 0.3) is 0 Å². The second kappa shape index (κ2) is 12.6. The summed E-state index contributed by atoms with van der Waals surface area (Å²) in [5.41, 5.74) is 2.34. The lowest BCUT2D eigenvalue weighted by molar-refractivity contribution is 0.156. The van der Waals surface area contributed by atoms with Gasteiger partial charge in [-0.25, -0.2) is 0 Å². The van der Waals surface area contributed by atoms with Crippen molar-refractivity contribution in [1.82, 2.24) is 0 Å². The molecule has 0 aliphatic heterocycles. The lowest BCUT2D eigenvalue weighted by Crippen LogP contribution is -2.25. The molecule has 0 atom stereocenters. The first-order valence-corrected chi connectivity index (χ1v) is 13.6. The molecule has 0 radical (unpaired) electrons. The van der Waals surface area contributed by atoms with Gasteiger partial charge in [0.15, 0.2) is 11.5 Å². The first kappa shape index (κ1) is 25.7. The van der Waals surface area contributed by atoms with Gasteiger partial charge < -0.3 is 9.47 Å². The van der Waals surface area contributed by atoms with Crippen LogP contribution in [0, 0.1) is 29.4 Å². The molecule has 2 aromatic carbocycles. The van der Waals surface area contributed by atoms with E-state index < -0.39 is 11.6 Å². The van der Waals surface area contributed by atoms with Crippen molar-refractivity contribution in [3.63, 3.8) is 0 Å². The summed E-state index contributed by atoms with van der Waals surface area (Å²) in [7, 11) is 0. The lowest BCUT2D eigenvalue weighted by Gasteiger charge is -2.38. The van der Waals surface area contributed by atoms with Gasteiger partial charge in [-0.1, -0.05) is 62.9 Å². The number of halogens is 2. The lowest BCUT2D eigenvalue weighted by atomic mass is 9.68. The monoisotopic (exact) mass is 482 g/mol. The molecule has 0 heterocycles. The van der Waals surface area contributed by atoms with Crippen molar-refractivity contribution in [2.75, 3.05) is 0 Å². The summed E-state index contributed by atoms with van der Waals surface area (Å²) >= 11 is 0. The highest BCUT2D eigenvalue weighted by atomic mass is 19.2. The molecule has 190 valence electrons. The molecule has 4 rings (SSSR count). The summed E-state index contributed by atoms with van der Waals surface area (Å²) in [6.07, 6.45) is 16.7. The van der Waals surface area contributed by atoms with E-state index in [1.807, 2.05) is 12.1 Å². The smallest absolute Gasteiger partial charge is 0.205 e. The van der Waals surface area contributed by atoms with Crippen LogP contribution in [0.1, 0.15) is 95.1 Å². The standard InChI is InChI=1S/C31H40F2O2/c1-3-5-22-6-10-24(11-7-22)26-14-16-27(17-15-26)25-12-8-23(9-13-25)21-35-29-19-18-28(34-20-4-2)30(32)31(29)33/h4,8-9,12-13,18-20,22,24,26-27H,3,5-7,10-11,14-17,21H2,1-2H3. The molecule has 0 amide bonds. The molecule has 0 unspecified atom stereocenters. The molecule has 2 saturated carbocycles. The number of hydrogen-bond acceptors (Lipinski definition) is 2. The molecular formula is C31H40F2O2. The van der Waals surface area contributed by atoms with E-state index in [9.17, 15) is 8.78 Å². The molecule has 0 bridgehead atoms.